The third-order valence-electron chi connectivity index (χ3n) is 4.51. The lowest BCUT2D eigenvalue weighted by atomic mass is 9.94. The van der Waals surface area contributed by atoms with Gasteiger partial charge in [0.2, 0.25) is 0 Å². The van der Waals surface area contributed by atoms with Crippen LogP contribution in [0, 0.1) is 5.92 Å². The summed E-state index contributed by atoms with van der Waals surface area (Å²) in [6.45, 7) is 6.99. The van der Waals surface area contributed by atoms with Crippen LogP contribution in [-0.2, 0) is 0 Å². The summed E-state index contributed by atoms with van der Waals surface area (Å²) < 4.78 is 5.34. The van der Waals surface area contributed by atoms with E-state index in [2.05, 4.69) is 42.3 Å². The SMILES string of the molecule is CNC(CN1CC(C)CCC1C)c1cccc(OC)c1. The number of nitrogens with one attached hydrogen (secondary N) is 1. The van der Waals surface area contributed by atoms with Crippen molar-refractivity contribution >= 4 is 0 Å². The molecule has 1 saturated heterocycles. The van der Waals surface area contributed by atoms with E-state index in [4.69, 9.17) is 4.74 Å². The molecule has 1 aliphatic rings. The first-order chi connectivity index (χ1) is 9.63. The Balaban J connectivity index is 2.07. The van der Waals surface area contributed by atoms with Crippen LogP contribution in [-0.4, -0.2) is 38.2 Å². The Morgan fingerprint density at radius 2 is 2.15 bits per heavy atom. The zero-order chi connectivity index (χ0) is 14.5. The summed E-state index contributed by atoms with van der Waals surface area (Å²) >= 11 is 0. The van der Waals surface area contributed by atoms with Crippen LogP contribution >= 0.6 is 0 Å². The van der Waals surface area contributed by atoms with Crippen molar-refractivity contribution in [2.75, 3.05) is 27.2 Å². The highest BCUT2D eigenvalue weighted by Crippen LogP contribution is 2.25. The van der Waals surface area contributed by atoms with Gasteiger partial charge in [-0.15, -0.1) is 0 Å². The highest BCUT2D eigenvalue weighted by Gasteiger charge is 2.25. The van der Waals surface area contributed by atoms with Gasteiger partial charge in [-0.1, -0.05) is 19.1 Å². The van der Waals surface area contributed by atoms with E-state index < -0.39 is 0 Å². The fraction of sp³-hybridized carbons (Fsp3) is 0.647. The van der Waals surface area contributed by atoms with Crippen LogP contribution < -0.4 is 10.1 Å². The maximum atomic E-state index is 5.34. The topological polar surface area (TPSA) is 24.5 Å². The van der Waals surface area contributed by atoms with Crippen molar-refractivity contribution < 1.29 is 4.74 Å². The van der Waals surface area contributed by atoms with Crippen LogP contribution in [0.25, 0.3) is 0 Å². The molecule has 1 aromatic rings. The molecule has 0 saturated carbocycles. The summed E-state index contributed by atoms with van der Waals surface area (Å²) in [5.74, 6) is 1.75. The molecule has 0 bridgehead atoms. The minimum atomic E-state index is 0.359. The lowest BCUT2D eigenvalue weighted by Crippen LogP contribution is -2.44. The average Bonchev–Trinajstić information content (AvgIpc) is 2.48. The van der Waals surface area contributed by atoms with E-state index in [1.807, 2.05) is 13.1 Å². The molecule has 0 spiro atoms. The van der Waals surface area contributed by atoms with Gasteiger partial charge in [0.1, 0.15) is 5.75 Å². The minimum Gasteiger partial charge on any atom is -0.497 e. The molecular weight excluding hydrogens is 248 g/mol. The van der Waals surface area contributed by atoms with Gasteiger partial charge in [-0.05, 0) is 50.4 Å². The van der Waals surface area contributed by atoms with Crippen molar-refractivity contribution in [2.24, 2.45) is 5.92 Å². The predicted molar refractivity (Wildman–Crippen MR) is 84.2 cm³/mol. The van der Waals surface area contributed by atoms with Crippen LogP contribution in [0.5, 0.6) is 5.75 Å². The van der Waals surface area contributed by atoms with E-state index in [1.165, 1.54) is 24.9 Å². The van der Waals surface area contributed by atoms with Crippen molar-refractivity contribution in [1.29, 1.82) is 0 Å². The molecule has 20 heavy (non-hydrogen) atoms. The highest BCUT2D eigenvalue weighted by molar-refractivity contribution is 5.30. The first-order valence-electron chi connectivity index (χ1n) is 7.69. The second kappa shape index (κ2) is 7.09. The van der Waals surface area contributed by atoms with Gasteiger partial charge in [0.05, 0.1) is 7.11 Å². The Morgan fingerprint density at radius 3 is 2.85 bits per heavy atom. The van der Waals surface area contributed by atoms with Gasteiger partial charge in [0.25, 0.3) is 0 Å². The number of likely N-dealkylation sites (tertiary alicyclic amines) is 1. The molecule has 1 aliphatic heterocycles. The molecular formula is C17H28N2O. The van der Waals surface area contributed by atoms with Gasteiger partial charge < -0.3 is 10.1 Å². The summed E-state index contributed by atoms with van der Waals surface area (Å²) in [7, 11) is 3.77. The molecule has 0 amide bonds. The van der Waals surface area contributed by atoms with Crippen molar-refractivity contribution in [3.8, 4) is 5.75 Å². The minimum absolute atomic E-state index is 0.359. The number of nitrogens with zero attached hydrogens (tertiary/aromatic N) is 1. The van der Waals surface area contributed by atoms with E-state index in [9.17, 15) is 0 Å². The number of ether oxygens (including phenoxy) is 1. The average molecular weight is 276 g/mol. The fourth-order valence-electron chi connectivity index (χ4n) is 3.09. The molecule has 0 radical (unpaired) electrons. The molecule has 1 N–H and O–H groups in total. The summed E-state index contributed by atoms with van der Waals surface area (Å²) in [5, 5.41) is 3.46. The van der Waals surface area contributed by atoms with Crippen molar-refractivity contribution in [3.63, 3.8) is 0 Å². The van der Waals surface area contributed by atoms with E-state index in [-0.39, 0.29) is 0 Å². The first-order valence-corrected chi connectivity index (χ1v) is 7.69. The van der Waals surface area contributed by atoms with Crippen LogP contribution in [0.3, 0.4) is 0 Å². The number of piperidine rings is 1. The maximum Gasteiger partial charge on any atom is 0.119 e. The number of likely N-dealkylation sites (N-methyl/N-ethyl adjacent to an activating group) is 1. The van der Waals surface area contributed by atoms with Crippen molar-refractivity contribution in [3.05, 3.63) is 29.8 Å². The molecule has 3 unspecified atom stereocenters. The molecule has 1 fully saturated rings. The molecule has 0 aliphatic carbocycles. The van der Waals surface area contributed by atoms with Gasteiger partial charge in [0.15, 0.2) is 0 Å². The van der Waals surface area contributed by atoms with Crippen LogP contribution in [0.1, 0.15) is 38.3 Å². The van der Waals surface area contributed by atoms with Crippen LogP contribution in [0.2, 0.25) is 0 Å². The maximum absolute atomic E-state index is 5.34. The van der Waals surface area contributed by atoms with Gasteiger partial charge in [-0.2, -0.15) is 0 Å². The molecule has 1 heterocycles. The summed E-state index contributed by atoms with van der Waals surface area (Å²) in [6.07, 6.45) is 2.68. The zero-order valence-corrected chi connectivity index (χ0v) is 13.2. The number of hydrogen-bond donors (Lipinski definition) is 1. The normalized spacial score (nSPS) is 25.4. The smallest absolute Gasteiger partial charge is 0.119 e. The molecule has 3 heteroatoms. The zero-order valence-electron chi connectivity index (χ0n) is 13.2. The second-order valence-corrected chi connectivity index (χ2v) is 6.10. The first kappa shape index (κ1) is 15.3. The summed E-state index contributed by atoms with van der Waals surface area (Å²) in [4.78, 5) is 2.62. The van der Waals surface area contributed by atoms with Gasteiger partial charge in [0, 0.05) is 25.2 Å². The Morgan fingerprint density at radius 1 is 1.35 bits per heavy atom. The van der Waals surface area contributed by atoms with Gasteiger partial charge >= 0.3 is 0 Å². The second-order valence-electron chi connectivity index (χ2n) is 6.10. The largest absolute Gasteiger partial charge is 0.497 e. The Bertz CT molecular complexity index is 421. The van der Waals surface area contributed by atoms with Crippen LogP contribution in [0.15, 0.2) is 24.3 Å². The quantitative estimate of drug-likeness (QED) is 0.894. The number of methoxy groups -OCH3 is 1. The Labute approximate surface area is 123 Å². The molecule has 1 aromatic carbocycles. The lowest BCUT2D eigenvalue weighted by molar-refractivity contribution is 0.113. The highest BCUT2D eigenvalue weighted by atomic mass is 16.5. The van der Waals surface area contributed by atoms with E-state index in [0.29, 0.717) is 12.1 Å². The predicted octanol–water partition coefficient (Wildman–Crippen LogP) is 3.08. The molecule has 3 nitrogen and oxygen atoms in total. The van der Waals surface area contributed by atoms with Gasteiger partial charge in [-0.3, -0.25) is 4.90 Å². The summed E-state index contributed by atoms with van der Waals surface area (Å²) in [5.41, 5.74) is 1.30. The standard InChI is InChI=1S/C17H28N2O/c1-13-8-9-14(2)19(11-13)12-17(18-3)15-6-5-7-16(10-15)20-4/h5-7,10,13-14,17-18H,8-9,11-12H2,1-4H3. The van der Waals surface area contributed by atoms with E-state index >= 15 is 0 Å². The molecule has 0 aromatic heterocycles. The third kappa shape index (κ3) is 3.74. The Kier molecular flexibility index (Phi) is 5.44. The van der Waals surface area contributed by atoms with E-state index in [1.54, 1.807) is 7.11 Å². The van der Waals surface area contributed by atoms with E-state index in [0.717, 1.165) is 18.2 Å². The summed E-state index contributed by atoms with van der Waals surface area (Å²) in [6, 6.07) is 9.44. The fourth-order valence-corrected chi connectivity index (χ4v) is 3.09. The lowest BCUT2D eigenvalue weighted by Gasteiger charge is -2.38. The van der Waals surface area contributed by atoms with Crippen molar-refractivity contribution in [1.82, 2.24) is 10.2 Å². The Hall–Kier alpha value is -1.06. The van der Waals surface area contributed by atoms with Crippen LogP contribution in [0.4, 0.5) is 0 Å². The molecule has 2 rings (SSSR count). The molecule has 112 valence electrons. The van der Waals surface area contributed by atoms with Crippen molar-refractivity contribution in [2.45, 2.75) is 38.8 Å². The number of rotatable bonds is 5. The van der Waals surface area contributed by atoms with Gasteiger partial charge in [-0.25, -0.2) is 0 Å². The third-order valence-corrected chi connectivity index (χ3v) is 4.51. The number of hydrogen-bond acceptors (Lipinski definition) is 3. The monoisotopic (exact) mass is 276 g/mol. The number of benzene rings is 1. The molecule has 3 atom stereocenters.